The maximum atomic E-state index is 12.2. The van der Waals surface area contributed by atoms with Gasteiger partial charge in [-0.15, -0.1) is 0 Å². The third-order valence-electron chi connectivity index (χ3n) is 3.98. The molecule has 2 rings (SSSR count). The van der Waals surface area contributed by atoms with Crippen molar-refractivity contribution in [3.63, 3.8) is 0 Å². The summed E-state index contributed by atoms with van der Waals surface area (Å²) in [7, 11) is 2.10. The van der Waals surface area contributed by atoms with Crippen molar-refractivity contribution in [1.29, 1.82) is 0 Å². The second-order valence-electron chi connectivity index (χ2n) is 7.62. The van der Waals surface area contributed by atoms with E-state index < -0.39 is 5.60 Å². The predicted octanol–water partition coefficient (Wildman–Crippen LogP) is 3.81. The standard InChI is InChI=1S/C18H28ClN3O2/c1-18(2,3)24-17(23)22-9-5-6-15(13-22)12-21(4)11-14-7-8-16(19)20-10-14/h7-8,10,15H,5-6,9,11-13H2,1-4H3/t15-/m1/s1. The van der Waals surface area contributed by atoms with Crippen LogP contribution in [0, 0.1) is 5.92 Å². The number of nitrogens with zero attached hydrogens (tertiary/aromatic N) is 3. The van der Waals surface area contributed by atoms with Crippen molar-refractivity contribution >= 4 is 17.7 Å². The molecule has 1 fully saturated rings. The molecule has 0 N–H and O–H groups in total. The second-order valence-corrected chi connectivity index (χ2v) is 8.01. The maximum absolute atomic E-state index is 12.2. The fourth-order valence-electron chi connectivity index (χ4n) is 3.02. The van der Waals surface area contributed by atoms with E-state index in [4.69, 9.17) is 16.3 Å². The van der Waals surface area contributed by atoms with Crippen LogP contribution in [0.4, 0.5) is 4.79 Å². The molecule has 0 saturated carbocycles. The highest BCUT2D eigenvalue weighted by atomic mass is 35.5. The lowest BCUT2D eigenvalue weighted by Gasteiger charge is -2.35. The van der Waals surface area contributed by atoms with Crippen LogP contribution in [0.3, 0.4) is 0 Å². The average molecular weight is 354 g/mol. The Morgan fingerprint density at radius 3 is 2.83 bits per heavy atom. The summed E-state index contributed by atoms with van der Waals surface area (Å²) in [4.78, 5) is 20.5. The number of amides is 1. The van der Waals surface area contributed by atoms with Crippen molar-refractivity contribution in [3.8, 4) is 0 Å². The Bertz CT molecular complexity index is 542. The van der Waals surface area contributed by atoms with E-state index in [0.717, 1.165) is 44.6 Å². The zero-order valence-corrected chi connectivity index (χ0v) is 15.8. The lowest BCUT2D eigenvalue weighted by molar-refractivity contribution is 0.0148. The van der Waals surface area contributed by atoms with Crippen LogP contribution in [0.5, 0.6) is 0 Å². The molecule has 1 aliphatic heterocycles. The molecule has 1 aromatic heterocycles. The number of rotatable bonds is 4. The van der Waals surface area contributed by atoms with E-state index >= 15 is 0 Å². The van der Waals surface area contributed by atoms with Gasteiger partial charge in [0, 0.05) is 32.4 Å². The number of hydrogen-bond acceptors (Lipinski definition) is 4. The number of ether oxygens (including phenoxy) is 1. The Kier molecular flexibility index (Phi) is 6.47. The number of carbonyl (C=O) groups excluding carboxylic acids is 1. The largest absolute Gasteiger partial charge is 0.444 e. The van der Waals surface area contributed by atoms with Crippen molar-refractivity contribution in [2.45, 2.75) is 45.8 Å². The van der Waals surface area contributed by atoms with Crippen LogP contribution in [-0.4, -0.2) is 53.2 Å². The topological polar surface area (TPSA) is 45.7 Å². The molecule has 1 atom stereocenters. The highest BCUT2D eigenvalue weighted by molar-refractivity contribution is 6.29. The Balaban J connectivity index is 1.83. The highest BCUT2D eigenvalue weighted by Crippen LogP contribution is 2.20. The van der Waals surface area contributed by atoms with Gasteiger partial charge in [-0.1, -0.05) is 17.7 Å². The van der Waals surface area contributed by atoms with Gasteiger partial charge in [0.2, 0.25) is 0 Å². The first-order valence-corrected chi connectivity index (χ1v) is 8.87. The van der Waals surface area contributed by atoms with E-state index in [1.165, 1.54) is 0 Å². The third kappa shape index (κ3) is 6.29. The minimum atomic E-state index is -0.442. The molecular formula is C18H28ClN3O2. The van der Waals surface area contributed by atoms with Crippen molar-refractivity contribution in [2.75, 3.05) is 26.7 Å². The van der Waals surface area contributed by atoms with Crippen LogP contribution in [0.2, 0.25) is 5.15 Å². The molecule has 0 aromatic carbocycles. The fourth-order valence-corrected chi connectivity index (χ4v) is 3.14. The molecule has 0 spiro atoms. The molecule has 6 heteroatoms. The van der Waals surface area contributed by atoms with E-state index in [1.54, 1.807) is 0 Å². The summed E-state index contributed by atoms with van der Waals surface area (Å²) >= 11 is 5.82. The van der Waals surface area contributed by atoms with Crippen LogP contribution in [0.15, 0.2) is 18.3 Å². The first-order valence-electron chi connectivity index (χ1n) is 8.50. The van der Waals surface area contributed by atoms with Gasteiger partial charge in [0.25, 0.3) is 0 Å². The Labute approximate surface area is 149 Å². The molecule has 1 aromatic rings. The van der Waals surface area contributed by atoms with Gasteiger partial charge in [0.1, 0.15) is 10.8 Å². The number of carbonyl (C=O) groups is 1. The van der Waals surface area contributed by atoms with Crippen LogP contribution < -0.4 is 0 Å². The summed E-state index contributed by atoms with van der Waals surface area (Å²) in [6, 6.07) is 3.81. The van der Waals surface area contributed by atoms with Gasteiger partial charge < -0.3 is 14.5 Å². The SMILES string of the molecule is CN(Cc1ccc(Cl)nc1)C[C@H]1CCCN(C(=O)OC(C)(C)C)C1. The van der Waals surface area contributed by atoms with Gasteiger partial charge in [-0.2, -0.15) is 0 Å². The quantitative estimate of drug-likeness (QED) is 0.772. The molecule has 0 radical (unpaired) electrons. The molecule has 134 valence electrons. The first-order chi connectivity index (χ1) is 11.2. The van der Waals surface area contributed by atoms with E-state index in [0.29, 0.717) is 11.1 Å². The summed E-state index contributed by atoms with van der Waals surface area (Å²) in [5, 5.41) is 0.515. The summed E-state index contributed by atoms with van der Waals surface area (Å²) in [5.74, 6) is 0.469. The summed E-state index contributed by atoms with van der Waals surface area (Å²) in [6.07, 6.45) is 3.78. The normalized spacial score (nSPS) is 18.8. The molecule has 0 unspecified atom stereocenters. The summed E-state index contributed by atoms with van der Waals surface area (Å²) < 4.78 is 5.49. The number of pyridine rings is 1. The molecule has 1 amide bonds. The van der Waals surface area contributed by atoms with Crippen LogP contribution in [0.25, 0.3) is 0 Å². The van der Waals surface area contributed by atoms with Crippen LogP contribution in [-0.2, 0) is 11.3 Å². The van der Waals surface area contributed by atoms with Crippen molar-refractivity contribution in [3.05, 3.63) is 29.0 Å². The molecule has 1 aliphatic rings. The minimum absolute atomic E-state index is 0.197. The fraction of sp³-hybridized carbons (Fsp3) is 0.667. The van der Waals surface area contributed by atoms with E-state index in [1.807, 2.05) is 44.0 Å². The minimum Gasteiger partial charge on any atom is -0.444 e. The van der Waals surface area contributed by atoms with E-state index in [9.17, 15) is 4.79 Å². The number of likely N-dealkylation sites (tertiary alicyclic amines) is 1. The predicted molar refractivity (Wildman–Crippen MR) is 96.1 cm³/mol. The number of piperidine rings is 1. The third-order valence-corrected chi connectivity index (χ3v) is 4.21. The van der Waals surface area contributed by atoms with Crippen molar-refractivity contribution in [2.24, 2.45) is 5.92 Å². The lowest BCUT2D eigenvalue weighted by atomic mass is 9.97. The highest BCUT2D eigenvalue weighted by Gasteiger charge is 2.28. The molecule has 0 bridgehead atoms. The van der Waals surface area contributed by atoms with Gasteiger partial charge in [-0.3, -0.25) is 0 Å². The maximum Gasteiger partial charge on any atom is 0.410 e. The molecule has 0 aliphatic carbocycles. The Morgan fingerprint density at radius 1 is 1.46 bits per heavy atom. The summed E-state index contributed by atoms with van der Waals surface area (Å²) in [6.45, 7) is 9.03. The molecule has 24 heavy (non-hydrogen) atoms. The molecular weight excluding hydrogens is 326 g/mol. The molecule has 5 nitrogen and oxygen atoms in total. The average Bonchev–Trinajstić information content (AvgIpc) is 2.48. The summed E-state index contributed by atoms with van der Waals surface area (Å²) in [5.41, 5.74) is 0.698. The smallest absolute Gasteiger partial charge is 0.410 e. The molecule has 1 saturated heterocycles. The zero-order chi connectivity index (χ0) is 17.7. The lowest BCUT2D eigenvalue weighted by Crippen LogP contribution is -2.45. The number of hydrogen-bond donors (Lipinski definition) is 0. The van der Waals surface area contributed by atoms with Crippen molar-refractivity contribution < 1.29 is 9.53 Å². The van der Waals surface area contributed by atoms with Gasteiger partial charge in [-0.05, 0) is 58.2 Å². The Hall–Kier alpha value is -1.33. The van der Waals surface area contributed by atoms with Crippen LogP contribution >= 0.6 is 11.6 Å². The van der Waals surface area contributed by atoms with E-state index in [2.05, 4.69) is 16.9 Å². The van der Waals surface area contributed by atoms with Gasteiger partial charge in [0.05, 0.1) is 0 Å². The first kappa shape index (κ1) is 19.0. The number of aromatic nitrogens is 1. The van der Waals surface area contributed by atoms with Gasteiger partial charge in [-0.25, -0.2) is 9.78 Å². The second kappa shape index (κ2) is 8.17. The van der Waals surface area contributed by atoms with Crippen molar-refractivity contribution in [1.82, 2.24) is 14.8 Å². The van der Waals surface area contributed by atoms with Gasteiger partial charge >= 0.3 is 6.09 Å². The zero-order valence-electron chi connectivity index (χ0n) is 15.1. The van der Waals surface area contributed by atoms with Gasteiger partial charge in [0.15, 0.2) is 0 Å². The molecule has 2 heterocycles. The Morgan fingerprint density at radius 2 is 2.21 bits per heavy atom. The monoisotopic (exact) mass is 353 g/mol. The van der Waals surface area contributed by atoms with Crippen LogP contribution in [0.1, 0.15) is 39.2 Å². The number of halogens is 1. The van der Waals surface area contributed by atoms with E-state index in [-0.39, 0.29) is 6.09 Å².